The molecule has 3 heterocycles. The van der Waals surface area contributed by atoms with Crippen molar-refractivity contribution in [3.63, 3.8) is 0 Å². The number of carbonyl (C=O) groups excluding carboxylic acids is 2. The minimum Gasteiger partial charge on any atom is -0.455 e. The summed E-state index contributed by atoms with van der Waals surface area (Å²) in [5.41, 5.74) is 1.11. The second-order valence-corrected chi connectivity index (χ2v) is 6.55. The molecule has 0 saturated carbocycles. The van der Waals surface area contributed by atoms with Crippen LogP contribution in [0.3, 0.4) is 0 Å². The number of epoxide rings is 1. The second kappa shape index (κ2) is 4.59. The van der Waals surface area contributed by atoms with Crippen LogP contribution in [0.4, 0.5) is 4.79 Å². The third kappa shape index (κ3) is 2.05. The van der Waals surface area contributed by atoms with Gasteiger partial charge in [-0.25, -0.2) is 9.59 Å². The molecule has 5 atom stereocenters. The Balaban J connectivity index is 1.67. The predicted octanol–water partition coefficient (Wildman–Crippen LogP) is 1.89. The van der Waals surface area contributed by atoms with Crippen molar-refractivity contribution in [3.8, 4) is 0 Å². The van der Waals surface area contributed by atoms with Crippen LogP contribution in [0.2, 0.25) is 0 Å². The van der Waals surface area contributed by atoms with E-state index in [9.17, 15) is 9.59 Å². The molecule has 0 radical (unpaired) electrons. The number of cyclic esters (lactones) is 1. The minimum atomic E-state index is -0.667. The molecule has 0 aromatic rings. The Labute approximate surface area is 128 Å². The van der Waals surface area contributed by atoms with Crippen molar-refractivity contribution >= 4 is 12.1 Å². The lowest BCUT2D eigenvalue weighted by atomic mass is 9.82. The molecular formula is C16H18O6. The summed E-state index contributed by atoms with van der Waals surface area (Å²) in [4.78, 5) is 23.3. The lowest BCUT2D eigenvalue weighted by molar-refractivity contribution is -0.140. The van der Waals surface area contributed by atoms with E-state index >= 15 is 0 Å². The number of carbonyl (C=O) groups is 2. The first kappa shape index (κ1) is 13.8. The van der Waals surface area contributed by atoms with Crippen molar-refractivity contribution in [1.29, 1.82) is 0 Å². The quantitative estimate of drug-likeness (QED) is 0.294. The first-order valence-electron chi connectivity index (χ1n) is 7.58. The van der Waals surface area contributed by atoms with Gasteiger partial charge in [0.05, 0.1) is 5.60 Å². The van der Waals surface area contributed by atoms with Crippen molar-refractivity contribution in [3.05, 3.63) is 23.8 Å². The Morgan fingerprint density at radius 1 is 1.32 bits per heavy atom. The van der Waals surface area contributed by atoms with Crippen LogP contribution in [-0.2, 0) is 23.7 Å². The van der Waals surface area contributed by atoms with E-state index in [1.807, 2.05) is 6.92 Å². The molecule has 4 rings (SSSR count). The molecule has 118 valence electrons. The zero-order valence-corrected chi connectivity index (χ0v) is 12.4. The average Bonchev–Trinajstić information content (AvgIpc) is 3.07. The summed E-state index contributed by atoms with van der Waals surface area (Å²) < 4.78 is 21.6. The zero-order chi connectivity index (χ0) is 15.5. The molecule has 4 aliphatic rings. The van der Waals surface area contributed by atoms with Crippen LogP contribution in [0.5, 0.6) is 0 Å². The van der Waals surface area contributed by atoms with Crippen LogP contribution >= 0.6 is 0 Å². The minimum absolute atomic E-state index is 0.105. The Hall–Kier alpha value is -1.82. The van der Waals surface area contributed by atoms with E-state index in [2.05, 4.69) is 12.7 Å². The fourth-order valence-electron chi connectivity index (χ4n) is 3.68. The highest BCUT2D eigenvalue weighted by molar-refractivity contribution is 5.91. The Kier molecular flexibility index (Phi) is 2.88. The van der Waals surface area contributed by atoms with Crippen LogP contribution in [0, 0.1) is 5.92 Å². The highest BCUT2D eigenvalue weighted by Crippen LogP contribution is 2.50. The molecular weight excluding hydrogens is 288 g/mol. The summed E-state index contributed by atoms with van der Waals surface area (Å²) in [5, 5.41) is 0. The molecule has 3 saturated heterocycles. The van der Waals surface area contributed by atoms with Gasteiger partial charge in [-0.1, -0.05) is 12.7 Å². The number of esters is 1. The third-order valence-corrected chi connectivity index (χ3v) is 5.11. The van der Waals surface area contributed by atoms with Crippen molar-refractivity contribution < 1.29 is 28.5 Å². The first-order chi connectivity index (χ1) is 10.5. The molecule has 0 amide bonds. The summed E-state index contributed by atoms with van der Waals surface area (Å²) in [7, 11) is 0. The molecule has 0 aromatic heterocycles. The van der Waals surface area contributed by atoms with Gasteiger partial charge in [0.2, 0.25) is 0 Å². The Morgan fingerprint density at radius 2 is 2.14 bits per heavy atom. The molecule has 1 aliphatic carbocycles. The highest BCUT2D eigenvalue weighted by atomic mass is 16.7. The molecule has 3 aliphatic heterocycles. The van der Waals surface area contributed by atoms with E-state index in [0.717, 1.165) is 18.4 Å². The van der Waals surface area contributed by atoms with Crippen LogP contribution in [-0.4, -0.2) is 42.6 Å². The van der Waals surface area contributed by atoms with Gasteiger partial charge in [0.15, 0.2) is 0 Å². The van der Waals surface area contributed by atoms with Gasteiger partial charge in [-0.15, -0.1) is 0 Å². The van der Waals surface area contributed by atoms with Crippen molar-refractivity contribution in [1.82, 2.24) is 0 Å². The van der Waals surface area contributed by atoms with Gasteiger partial charge in [-0.3, -0.25) is 0 Å². The molecule has 0 N–H and O–H groups in total. The van der Waals surface area contributed by atoms with E-state index < -0.39 is 6.16 Å². The maximum absolute atomic E-state index is 11.9. The van der Waals surface area contributed by atoms with Crippen molar-refractivity contribution in [2.45, 2.75) is 50.1 Å². The maximum Gasteiger partial charge on any atom is 0.509 e. The normalized spacial score (nSPS) is 46.0. The van der Waals surface area contributed by atoms with Gasteiger partial charge in [0.1, 0.15) is 24.9 Å². The van der Waals surface area contributed by atoms with Crippen LogP contribution in [0.25, 0.3) is 0 Å². The third-order valence-electron chi connectivity index (χ3n) is 5.11. The van der Waals surface area contributed by atoms with Crippen molar-refractivity contribution in [2.24, 2.45) is 5.92 Å². The van der Waals surface area contributed by atoms with E-state index in [-0.39, 0.29) is 42.4 Å². The van der Waals surface area contributed by atoms with E-state index in [4.69, 9.17) is 18.9 Å². The molecule has 0 bridgehead atoms. The summed E-state index contributed by atoms with van der Waals surface area (Å²) in [6.07, 6.45) is 2.67. The summed E-state index contributed by atoms with van der Waals surface area (Å²) in [6.45, 7) is 6.14. The molecule has 0 aromatic carbocycles. The van der Waals surface area contributed by atoms with E-state index in [0.29, 0.717) is 12.0 Å². The maximum atomic E-state index is 11.9. The lowest BCUT2D eigenvalue weighted by Crippen LogP contribution is -2.36. The SMILES string of the molecule is C=C1C(=O)O[C@@H]2[C@H]3O[C@]3(C)CC/C=C3\COC(=O)O[C@H]3C[C@@H]12. The number of allylic oxidation sites excluding steroid dienone is 1. The van der Waals surface area contributed by atoms with Gasteiger partial charge < -0.3 is 18.9 Å². The van der Waals surface area contributed by atoms with Crippen LogP contribution in [0.1, 0.15) is 26.2 Å². The predicted molar refractivity (Wildman–Crippen MR) is 73.9 cm³/mol. The largest absolute Gasteiger partial charge is 0.509 e. The Morgan fingerprint density at radius 3 is 2.95 bits per heavy atom. The van der Waals surface area contributed by atoms with Crippen molar-refractivity contribution in [2.75, 3.05) is 6.61 Å². The summed E-state index contributed by atoms with van der Waals surface area (Å²) in [5.74, 6) is -0.576. The fourth-order valence-corrected chi connectivity index (χ4v) is 3.68. The number of hydrogen-bond donors (Lipinski definition) is 0. The van der Waals surface area contributed by atoms with Gasteiger partial charge >= 0.3 is 12.1 Å². The van der Waals surface area contributed by atoms with Gasteiger partial charge in [-0.2, -0.15) is 0 Å². The van der Waals surface area contributed by atoms with Crippen LogP contribution < -0.4 is 0 Å². The Bertz CT molecular complexity index is 593. The summed E-state index contributed by atoms with van der Waals surface area (Å²) in [6, 6.07) is 0. The molecule has 6 heteroatoms. The topological polar surface area (TPSA) is 74.4 Å². The number of hydrogen-bond acceptors (Lipinski definition) is 6. The molecule has 3 fully saturated rings. The number of fused-ring (bicyclic) bond motifs is 4. The standard InChI is InChI=1S/C16H18O6/c1-8-10-6-11-9(7-19-15(18)20-11)4-3-5-16(2)13(22-16)12(10)21-14(8)17/h4,10-13H,1,3,5-7H2,2H3/b9-4+/t10-,11-,12-,13+,16+/m0/s1. The van der Waals surface area contributed by atoms with E-state index in [1.165, 1.54) is 0 Å². The lowest BCUT2D eigenvalue weighted by Gasteiger charge is -2.29. The average molecular weight is 306 g/mol. The molecule has 0 spiro atoms. The molecule has 6 nitrogen and oxygen atoms in total. The van der Waals surface area contributed by atoms with Gasteiger partial charge in [-0.05, 0) is 26.2 Å². The fraction of sp³-hybridized carbons (Fsp3) is 0.625. The van der Waals surface area contributed by atoms with Gasteiger partial charge in [0.25, 0.3) is 0 Å². The number of ether oxygens (including phenoxy) is 4. The first-order valence-corrected chi connectivity index (χ1v) is 7.58. The second-order valence-electron chi connectivity index (χ2n) is 6.55. The zero-order valence-electron chi connectivity index (χ0n) is 12.4. The smallest absolute Gasteiger partial charge is 0.455 e. The highest BCUT2D eigenvalue weighted by Gasteiger charge is 2.62. The summed E-state index contributed by atoms with van der Waals surface area (Å²) >= 11 is 0. The van der Waals surface area contributed by atoms with Crippen LogP contribution in [0.15, 0.2) is 23.8 Å². The monoisotopic (exact) mass is 306 g/mol. The molecule has 0 unspecified atom stereocenters. The number of rotatable bonds is 0. The molecule has 22 heavy (non-hydrogen) atoms. The van der Waals surface area contributed by atoms with E-state index in [1.54, 1.807) is 0 Å². The van der Waals surface area contributed by atoms with Gasteiger partial charge in [0, 0.05) is 17.1 Å².